The molecule has 2 aromatic carbocycles. The molecule has 0 atom stereocenters. The van der Waals surface area contributed by atoms with Gasteiger partial charge in [0, 0.05) is 31.9 Å². The van der Waals surface area contributed by atoms with Crippen LogP contribution in [0.4, 0.5) is 10.1 Å². The molecule has 8 heteroatoms. The summed E-state index contributed by atoms with van der Waals surface area (Å²) >= 11 is 5.49. The number of sulfonamides is 1. The summed E-state index contributed by atoms with van der Waals surface area (Å²) in [4.78, 5) is 2.07. The molecule has 0 unspecified atom stereocenters. The Bertz CT molecular complexity index is 938. The fraction of sp³-hybridized carbons (Fsp3) is 0.316. The predicted octanol–water partition coefficient (Wildman–Crippen LogP) is 3.15. The van der Waals surface area contributed by atoms with Crippen molar-refractivity contribution in [1.29, 1.82) is 0 Å². The molecule has 1 aliphatic rings. The van der Waals surface area contributed by atoms with Crippen LogP contribution in [-0.4, -0.2) is 48.9 Å². The van der Waals surface area contributed by atoms with E-state index in [-0.39, 0.29) is 4.90 Å². The minimum atomic E-state index is -3.62. The third-order valence-electron chi connectivity index (χ3n) is 4.60. The van der Waals surface area contributed by atoms with E-state index in [1.807, 2.05) is 30.9 Å². The first kappa shape index (κ1) is 19.7. The number of nitrogens with one attached hydrogen (secondary N) is 1. The molecule has 0 radical (unpaired) electrons. The van der Waals surface area contributed by atoms with Crippen molar-refractivity contribution in [2.75, 3.05) is 31.5 Å². The van der Waals surface area contributed by atoms with Crippen LogP contribution in [-0.2, 0) is 10.0 Å². The summed E-state index contributed by atoms with van der Waals surface area (Å²) in [5.74, 6) is -0.457. The zero-order valence-corrected chi connectivity index (χ0v) is 16.9. The molecule has 1 fully saturated rings. The Morgan fingerprint density at radius 1 is 1.04 bits per heavy atom. The number of benzene rings is 2. The lowest BCUT2D eigenvalue weighted by atomic mass is 10.1. The lowest BCUT2D eigenvalue weighted by Gasteiger charge is -2.35. The van der Waals surface area contributed by atoms with E-state index < -0.39 is 15.8 Å². The van der Waals surface area contributed by atoms with E-state index in [0.717, 1.165) is 23.4 Å². The molecule has 0 aliphatic carbocycles. The molecule has 1 heterocycles. The summed E-state index contributed by atoms with van der Waals surface area (Å²) in [6.45, 7) is 5.71. The van der Waals surface area contributed by atoms with Gasteiger partial charge in [-0.2, -0.15) is 4.31 Å². The molecule has 5 nitrogen and oxygen atoms in total. The van der Waals surface area contributed by atoms with Gasteiger partial charge >= 0.3 is 0 Å². The van der Waals surface area contributed by atoms with Crippen LogP contribution in [0.5, 0.6) is 0 Å². The van der Waals surface area contributed by atoms with Crippen molar-refractivity contribution in [3.05, 3.63) is 59.4 Å². The minimum Gasteiger partial charge on any atom is -0.346 e. The highest BCUT2D eigenvalue weighted by molar-refractivity contribution is 7.89. The maximum atomic E-state index is 13.1. The van der Waals surface area contributed by atoms with E-state index in [1.165, 1.54) is 22.0 Å². The number of thiocarbonyl (C=S) groups is 1. The molecule has 1 saturated heterocycles. The molecule has 0 aromatic heterocycles. The Labute approximate surface area is 164 Å². The SMILES string of the molecule is Cc1ccc(NC(=S)N2CCN(S(=O)(=O)c3ccc(F)cc3)CC2)c(C)c1. The number of rotatable bonds is 3. The Balaban J connectivity index is 1.62. The molecule has 0 spiro atoms. The Morgan fingerprint density at radius 2 is 1.67 bits per heavy atom. The molecule has 144 valence electrons. The van der Waals surface area contributed by atoms with Crippen LogP contribution in [0, 0.1) is 19.7 Å². The summed E-state index contributed by atoms with van der Waals surface area (Å²) in [5, 5.41) is 3.83. The van der Waals surface area contributed by atoms with E-state index in [1.54, 1.807) is 0 Å². The summed E-state index contributed by atoms with van der Waals surface area (Å²) in [6, 6.07) is 11.0. The topological polar surface area (TPSA) is 52.6 Å². The zero-order valence-electron chi connectivity index (χ0n) is 15.3. The lowest BCUT2D eigenvalue weighted by molar-refractivity contribution is 0.268. The second-order valence-electron chi connectivity index (χ2n) is 6.59. The molecular formula is C19H22FN3O2S2. The molecule has 0 amide bonds. The Morgan fingerprint density at radius 3 is 2.26 bits per heavy atom. The highest BCUT2D eigenvalue weighted by Gasteiger charge is 2.29. The van der Waals surface area contributed by atoms with E-state index >= 15 is 0 Å². The lowest BCUT2D eigenvalue weighted by Crippen LogP contribution is -2.51. The molecule has 1 aliphatic heterocycles. The van der Waals surface area contributed by atoms with E-state index in [9.17, 15) is 12.8 Å². The van der Waals surface area contributed by atoms with E-state index in [4.69, 9.17) is 12.2 Å². The van der Waals surface area contributed by atoms with Crippen molar-refractivity contribution in [2.45, 2.75) is 18.7 Å². The average Bonchev–Trinajstić information content (AvgIpc) is 2.64. The second kappa shape index (κ2) is 7.92. The van der Waals surface area contributed by atoms with Crippen LogP contribution in [0.2, 0.25) is 0 Å². The third kappa shape index (κ3) is 4.45. The number of hydrogen-bond acceptors (Lipinski definition) is 3. The second-order valence-corrected chi connectivity index (χ2v) is 8.92. The van der Waals surface area contributed by atoms with Gasteiger partial charge in [-0.1, -0.05) is 17.7 Å². The molecule has 1 N–H and O–H groups in total. The molecule has 2 aromatic rings. The van der Waals surface area contributed by atoms with Crippen molar-refractivity contribution in [3.8, 4) is 0 Å². The number of hydrogen-bond donors (Lipinski definition) is 1. The highest BCUT2D eigenvalue weighted by Crippen LogP contribution is 2.20. The van der Waals surface area contributed by atoms with Gasteiger partial charge in [0.1, 0.15) is 5.82 Å². The van der Waals surface area contributed by atoms with Gasteiger partial charge in [-0.3, -0.25) is 0 Å². The molecule has 3 rings (SSSR count). The smallest absolute Gasteiger partial charge is 0.243 e. The van der Waals surface area contributed by atoms with Crippen LogP contribution >= 0.6 is 12.2 Å². The first-order valence-electron chi connectivity index (χ1n) is 8.66. The zero-order chi connectivity index (χ0) is 19.6. The van der Waals surface area contributed by atoms with E-state index in [0.29, 0.717) is 31.3 Å². The van der Waals surface area contributed by atoms with Crippen LogP contribution in [0.1, 0.15) is 11.1 Å². The summed E-state index contributed by atoms with van der Waals surface area (Å²) in [7, 11) is -3.62. The number of nitrogens with zero attached hydrogens (tertiary/aromatic N) is 2. The summed E-state index contributed by atoms with van der Waals surface area (Å²) in [6.07, 6.45) is 0. The van der Waals surface area contributed by atoms with Crippen molar-refractivity contribution >= 4 is 33.0 Å². The maximum absolute atomic E-state index is 13.1. The van der Waals surface area contributed by atoms with Gasteiger partial charge in [0.2, 0.25) is 10.0 Å². The minimum absolute atomic E-state index is 0.105. The van der Waals surface area contributed by atoms with Gasteiger partial charge in [-0.15, -0.1) is 0 Å². The van der Waals surface area contributed by atoms with Gasteiger partial charge in [0.05, 0.1) is 4.90 Å². The maximum Gasteiger partial charge on any atom is 0.243 e. The number of aryl methyl sites for hydroxylation is 2. The summed E-state index contributed by atoms with van der Waals surface area (Å²) < 4.78 is 39.8. The van der Waals surface area contributed by atoms with Gasteiger partial charge in [-0.05, 0) is 62.0 Å². The number of halogens is 1. The van der Waals surface area contributed by atoms with Gasteiger partial charge in [0.15, 0.2) is 5.11 Å². The fourth-order valence-corrected chi connectivity index (χ4v) is 4.75. The normalized spacial score (nSPS) is 15.6. The van der Waals surface area contributed by atoms with Crippen molar-refractivity contribution in [3.63, 3.8) is 0 Å². The molecule has 0 saturated carbocycles. The van der Waals surface area contributed by atoms with Crippen LogP contribution in [0.25, 0.3) is 0 Å². The molecule has 27 heavy (non-hydrogen) atoms. The first-order chi connectivity index (χ1) is 12.8. The van der Waals surface area contributed by atoms with Crippen LogP contribution < -0.4 is 5.32 Å². The van der Waals surface area contributed by atoms with Crippen LogP contribution in [0.15, 0.2) is 47.4 Å². The summed E-state index contributed by atoms with van der Waals surface area (Å²) in [5.41, 5.74) is 3.24. The average molecular weight is 408 g/mol. The number of anilines is 1. The van der Waals surface area contributed by atoms with Gasteiger partial charge in [0.25, 0.3) is 0 Å². The quantitative estimate of drug-likeness (QED) is 0.793. The van der Waals surface area contributed by atoms with Crippen LogP contribution in [0.3, 0.4) is 0 Å². The standard InChI is InChI=1S/C19H22FN3O2S2/c1-14-3-8-18(15(2)13-14)21-19(26)22-9-11-23(12-10-22)27(24,25)17-6-4-16(20)5-7-17/h3-8,13H,9-12H2,1-2H3,(H,21,26). The molecular weight excluding hydrogens is 385 g/mol. The monoisotopic (exact) mass is 407 g/mol. The van der Waals surface area contributed by atoms with Crippen molar-refractivity contribution < 1.29 is 12.8 Å². The third-order valence-corrected chi connectivity index (χ3v) is 6.87. The largest absolute Gasteiger partial charge is 0.346 e. The number of piperazine rings is 1. The highest BCUT2D eigenvalue weighted by atomic mass is 32.2. The van der Waals surface area contributed by atoms with Gasteiger partial charge < -0.3 is 10.2 Å². The Kier molecular flexibility index (Phi) is 5.78. The van der Waals surface area contributed by atoms with E-state index in [2.05, 4.69) is 11.4 Å². The predicted molar refractivity (Wildman–Crippen MR) is 109 cm³/mol. The van der Waals surface area contributed by atoms with Crippen molar-refractivity contribution in [2.24, 2.45) is 0 Å². The van der Waals surface area contributed by atoms with Crippen molar-refractivity contribution in [1.82, 2.24) is 9.21 Å². The van der Waals surface area contributed by atoms with Gasteiger partial charge in [-0.25, -0.2) is 12.8 Å². The molecule has 0 bridgehead atoms. The first-order valence-corrected chi connectivity index (χ1v) is 10.5. The fourth-order valence-electron chi connectivity index (χ4n) is 3.04. The Hall–Kier alpha value is -2.03.